The highest BCUT2D eigenvalue weighted by Gasteiger charge is 2.18. The molecule has 0 aliphatic rings. The number of benzene rings is 1. The number of aromatic nitrogens is 1. The molecule has 0 aliphatic heterocycles. The Kier molecular flexibility index (Phi) is 4.62. The van der Waals surface area contributed by atoms with Crippen molar-refractivity contribution < 1.29 is 9.67 Å². The van der Waals surface area contributed by atoms with Crippen LogP contribution in [-0.2, 0) is 13.0 Å². The third-order valence-corrected chi connectivity index (χ3v) is 4.74. The summed E-state index contributed by atoms with van der Waals surface area (Å²) in [6, 6.07) is 5.54. The van der Waals surface area contributed by atoms with Gasteiger partial charge in [-0.1, -0.05) is 40.6 Å². The first-order valence-electron chi connectivity index (χ1n) is 5.63. The van der Waals surface area contributed by atoms with E-state index < -0.39 is 0 Å². The molecule has 5 heteroatoms. The van der Waals surface area contributed by atoms with Crippen LogP contribution >= 0.6 is 34.5 Å². The minimum Gasteiger partial charge on any atom is -0.396 e. The first kappa shape index (κ1) is 13.8. The van der Waals surface area contributed by atoms with Crippen LogP contribution < -0.4 is 4.57 Å². The van der Waals surface area contributed by atoms with Crippen LogP contribution in [0.5, 0.6) is 0 Å². The number of hydrogen-bond acceptors (Lipinski definition) is 2. The average molecular weight is 303 g/mol. The maximum atomic E-state index is 8.99. The topological polar surface area (TPSA) is 24.1 Å². The van der Waals surface area contributed by atoms with Gasteiger partial charge in [-0.3, -0.25) is 0 Å². The molecule has 0 fully saturated rings. The second-order valence-corrected chi connectivity index (χ2v) is 5.79. The van der Waals surface area contributed by atoms with Gasteiger partial charge < -0.3 is 5.11 Å². The first-order valence-corrected chi connectivity index (χ1v) is 7.27. The van der Waals surface area contributed by atoms with Gasteiger partial charge in [-0.2, -0.15) is 4.57 Å². The highest BCUT2D eigenvalue weighted by molar-refractivity contribution is 7.09. The number of rotatable bonds is 4. The Labute approximate surface area is 120 Å². The van der Waals surface area contributed by atoms with Crippen LogP contribution in [0, 0.1) is 6.92 Å². The molecule has 2 rings (SSSR count). The highest BCUT2D eigenvalue weighted by atomic mass is 35.5. The lowest BCUT2D eigenvalue weighted by Crippen LogP contribution is -2.35. The summed E-state index contributed by atoms with van der Waals surface area (Å²) in [6.45, 7) is 2.88. The van der Waals surface area contributed by atoms with E-state index in [2.05, 4.69) is 4.57 Å². The summed E-state index contributed by atoms with van der Waals surface area (Å²) in [5, 5.41) is 10.4. The second-order valence-electron chi connectivity index (χ2n) is 4.03. The van der Waals surface area contributed by atoms with Crippen molar-refractivity contribution in [2.24, 2.45) is 0 Å². The molecule has 1 N–H and O–H groups in total. The molecular formula is C13H14Cl2NOS+. The fourth-order valence-corrected chi connectivity index (χ4v) is 3.30. The van der Waals surface area contributed by atoms with E-state index in [0.717, 1.165) is 11.3 Å². The molecule has 1 heterocycles. The van der Waals surface area contributed by atoms with Crippen molar-refractivity contribution in [1.29, 1.82) is 0 Å². The van der Waals surface area contributed by atoms with E-state index in [0.29, 0.717) is 23.0 Å². The lowest BCUT2D eigenvalue weighted by molar-refractivity contribution is -0.689. The van der Waals surface area contributed by atoms with Crippen molar-refractivity contribution in [2.45, 2.75) is 19.9 Å². The molecule has 1 aromatic heterocycles. The van der Waals surface area contributed by atoms with E-state index in [4.69, 9.17) is 28.3 Å². The fraction of sp³-hybridized carbons (Fsp3) is 0.308. The van der Waals surface area contributed by atoms with Crippen molar-refractivity contribution in [2.75, 3.05) is 6.61 Å². The zero-order valence-electron chi connectivity index (χ0n) is 9.99. The largest absolute Gasteiger partial charge is 0.396 e. The molecule has 0 spiro atoms. The minimum absolute atomic E-state index is 0.175. The summed E-state index contributed by atoms with van der Waals surface area (Å²) in [4.78, 5) is 1.20. The smallest absolute Gasteiger partial charge is 0.225 e. The number of aliphatic hydroxyl groups excluding tert-OH is 1. The van der Waals surface area contributed by atoms with E-state index in [1.807, 2.05) is 30.6 Å². The standard InChI is InChI=1S/C13H14Cl2NOS/c1-9-13(5-6-17)18-8-16(9)7-10-11(14)3-2-4-12(10)15/h2-4,8,17H,5-7H2,1H3/q+1. The van der Waals surface area contributed by atoms with Gasteiger partial charge in [0, 0.05) is 20.0 Å². The van der Waals surface area contributed by atoms with Crippen LogP contribution in [0.25, 0.3) is 0 Å². The van der Waals surface area contributed by atoms with E-state index in [9.17, 15) is 0 Å². The van der Waals surface area contributed by atoms with Gasteiger partial charge in [-0.25, -0.2) is 0 Å². The van der Waals surface area contributed by atoms with Crippen LogP contribution in [0.1, 0.15) is 16.1 Å². The zero-order chi connectivity index (χ0) is 13.1. The van der Waals surface area contributed by atoms with E-state index in [1.165, 1.54) is 4.88 Å². The van der Waals surface area contributed by atoms with Gasteiger partial charge in [-0.05, 0) is 12.1 Å². The van der Waals surface area contributed by atoms with Gasteiger partial charge >= 0.3 is 0 Å². The summed E-state index contributed by atoms with van der Waals surface area (Å²) >= 11 is 14.0. The van der Waals surface area contributed by atoms with Gasteiger partial charge in [-0.15, -0.1) is 0 Å². The average Bonchev–Trinajstić information content (AvgIpc) is 2.67. The molecule has 0 aliphatic carbocycles. The Morgan fingerprint density at radius 2 is 1.94 bits per heavy atom. The van der Waals surface area contributed by atoms with Gasteiger partial charge in [0.15, 0.2) is 12.2 Å². The van der Waals surface area contributed by atoms with Crippen molar-refractivity contribution in [3.05, 3.63) is 49.9 Å². The van der Waals surface area contributed by atoms with Gasteiger partial charge in [0.2, 0.25) is 5.51 Å². The molecule has 0 saturated carbocycles. The van der Waals surface area contributed by atoms with Gasteiger partial charge in [0.1, 0.15) is 0 Å². The van der Waals surface area contributed by atoms with Crippen LogP contribution in [0.15, 0.2) is 23.7 Å². The maximum absolute atomic E-state index is 8.99. The molecule has 0 radical (unpaired) electrons. The molecule has 0 unspecified atom stereocenters. The van der Waals surface area contributed by atoms with Crippen molar-refractivity contribution in [1.82, 2.24) is 0 Å². The predicted molar refractivity (Wildman–Crippen MR) is 75.6 cm³/mol. The molecule has 2 aromatic rings. The third-order valence-electron chi connectivity index (χ3n) is 2.89. The van der Waals surface area contributed by atoms with E-state index >= 15 is 0 Å². The summed E-state index contributed by atoms with van der Waals surface area (Å²) < 4.78 is 2.11. The molecule has 0 bridgehead atoms. The molecule has 96 valence electrons. The molecule has 18 heavy (non-hydrogen) atoms. The SMILES string of the molecule is Cc1c(CCO)sc[n+]1Cc1c(Cl)cccc1Cl. The predicted octanol–water partition coefficient (Wildman–Crippen LogP) is 3.23. The van der Waals surface area contributed by atoms with Crippen molar-refractivity contribution >= 4 is 34.5 Å². The molecule has 0 amide bonds. The molecular weight excluding hydrogens is 289 g/mol. The zero-order valence-corrected chi connectivity index (χ0v) is 12.3. The minimum atomic E-state index is 0.175. The highest BCUT2D eigenvalue weighted by Crippen LogP contribution is 2.24. The summed E-state index contributed by atoms with van der Waals surface area (Å²) in [6.07, 6.45) is 0.694. The summed E-state index contributed by atoms with van der Waals surface area (Å²) in [5.74, 6) is 0. The Morgan fingerprint density at radius 3 is 2.56 bits per heavy atom. The third kappa shape index (κ3) is 2.86. The summed E-state index contributed by atoms with van der Waals surface area (Å²) in [7, 11) is 0. The number of nitrogens with zero attached hydrogens (tertiary/aromatic N) is 1. The van der Waals surface area contributed by atoms with Gasteiger partial charge in [0.25, 0.3) is 0 Å². The van der Waals surface area contributed by atoms with Gasteiger partial charge in [0.05, 0.1) is 20.5 Å². The van der Waals surface area contributed by atoms with E-state index in [1.54, 1.807) is 11.3 Å². The fourth-order valence-electron chi connectivity index (χ4n) is 1.80. The Hall–Kier alpha value is -0.610. The number of hydrogen-bond donors (Lipinski definition) is 1. The van der Waals surface area contributed by atoms with E-state index in [-0.39, 0.29) is 6.61 Å². The number of halogens is 2. The Morgan fingerprint density at radius 1 is 1.28 bits per heavy atom. The van der Waals surface area contributed by atoms with Crippen molar-refractivity contribution in [3.63, 3.8) is 0 Å². The normalized spacial score (nSPS) is 10.9. The molecule has 0 atom stereocenters. The number of thiazole rings is 1. The summed E-state index contributed by atoms with van der Waals surface area (Å²) in [5.41, 5.74) is 4.13. The monoisotopic (exact) mass is 302 g/mol. The molecule has 0 saturated heterocycles. The quantitative estimate of drug-likeness (QED) is 0.862. The Balaban J connectivity index is 2.29. The maximum Gasteiger partial charge on any atom is 0.225 e. The molecule has 1 aromatic carbocycles. The lowest BCUT2D eigenvalue weighted by Gasteiger charge is -2.03. The molecule has 2 nitrogen and oxygen atoms in total. The Bertz CT molecular complexity index is 534. The van der Waals surface area contributed by atoms with Crippen molar-refractivity contribution in [3.8, 4) is 0 Å². The number of aliphatic hydroxyl groups is 1. The lowest BCUT2D eigenvalue weighted by atomic mass is 10.2. The van der Waals surface area contributed by atoms with Crippen LogP contribution in [0.4, 0.5) is 0 Å². The second kappa shape index (κ2) is 6.02. The first-order chi connectivity index (χ1) is 8.63. The van der Waals surface area contributed by atoms with Crippen LogP contribution in [0.2, 0.25) is 10.0 Å². The van der Waals surface area contributed by atoms with Crippen LogP contribution in [-0.4, -0.2) is 11.7 Å². The van der Waals surface area contributed by atoms with Crippen LogP contribution in [0.3, 0.4) is 0 Å².